The minimum absolute atomic E-state index is 0.0149. The molecule has 0 aliphatic carbocycles. The highest BCUT2D eigenvalue weighted by molar-refractivity contribution is 7.19. The number of rotatable bonds is 8. The Hall–Kier alpha value is -8.96. The van der Waals surface area contributed by atoms with Gasteiger partial charge in [0.1, 0.15) is 0 Å². The normalized spacial score (nSPS) is 12.5. The lowest BCUT2D eigenvalue weighted by atomic mass is 9.85. The molecular formula is C74H61N3Si. The zero-order valence-electron chi connectivity index (χ0n) is 45.2. The van der Waals surface area contributed by atoms with Gasteiger partial charge in [-0.2, -0.15) is 0 Å². The molecule has 0 amide bonds. The standard InChI is InChI=1S/C74H61N3Si/c1-73(2,3)52-38-42-67-63(47-52)64-48-53(74(4,5)6)39-43-68(64)76(67)55-26-22-27-56(49-55)77-66-36-20-19-35-61(66)62-40-44-70-71(72(62)77)65-46-51(37-41-69(65)75(70)54-24-11-7-12-25-54)50-23-21-34-60(45-50)78(57-28-13-8-14-29-57,58-30-15-9-16-31-58)59-32-17-10-18-33-59/h7-49H,1-6H3. The van der Waals surface area contributed by atoms with Crippen molar-refractivity contribution in [3.05, 3.63) is 272 Å². The van der Waals surface area contributed by atoms with Crippen LogP contribution in [0.15, 0.2) is 261 Å². The molecule has 0 saturated heterocycles. The van der Waals surface area contributed by atoms with E-state index in [1.54, 1.807) is 0 Å². The molecule has 3 nitrogen and oxygen atoms in total. The van der Waals surface area contributed by atoms with Crippen LogP contribution in [-0.4, -0.2) is 21.8 Å². The van der Waals surface area contributed by atoms with E-state index in [1.807, 2.05) is 0 Å². The Balaban J connectivity index is 1.03. The summed E-state index contributed by atoms with van der Waals surface area (Å²) >= 11 is 0. The summed E-state index contributed by atoms with van der Waals surface area (Å²) in [6.45, 7) is 13.9. The molecule has 0 spiro atoms. The monoisotopic (exact) mass is 1020 g/mol. The molecule has 0 fully saturated rings. The van der Waals surface area contributed by atoms with Crippen LogP contribution in [0, 0.1) is 0 Å². The predicted octanol–water partition coefficient (Wildman–Crippen LogP) is 16.6. The van der Waals surface area contributed by atoms with Gasteiger partial charge in [-0.15, -0.1) is 0 Å². The van der Waals surface area contributed by atoms with E-state index in [9.17, 15) is 0 Å². The highest BCUT2D eigenvalue weighted by Gasteiger charge is 2.41. The van der Waals surface area contributed by atoms with Gasteiger partial charge in [-0.1, -0.05) is 224 Å². The van der Waals surface area contributed by atoms with Crippen molar-refractivity contribution in [2.45, 2.75) is 52.4 Å². The first-order chi connectivity index (χ1) is 38.0. The summed E-state index contributed by atoms with van der Waals surface area (Å²) in [5, 5.41) is 12.9. The Morgan fingerprint density at radius 1 is 0.269 bits per heavy atom. The molecule has 14 rings (SSSR count). The van der Waals surface area contributed by atoms with Crippen LogP contribution >= 0.6 is 0 Å². The maximum absolute atomic E-state index is 2.79. The molecule has 376 valence electrons. The summed E-state index contributed by atoms with van der Waals surface area (Å²) in [6.07, 6.45) is 0. The number of aromatic nitrogens is 3. The van der Waals surface area contributed by atoms with Crippen molar-refractivity contribution < 1.29 is 0 Å². The Morgan fingerprint density at radius 3 is 1.29 bits per heavy atom. The van der Waals surface area contributed by atoms with Crippen LogP contribution in [0.3, 0.4) is 0 Å². The zero-order chi connectivity index (χ0) is 52.9. The first-order valence-corrected chi connectivity index (χ1v) is 29.5. The third kappa shape index (κ3) is 7.45. The summed E-state index contributed by atoms with van der Waals surface area (Å²) in [5.74, 6) is 0. The van der Waals surface area contributed by atoms with E-state index in [2.05, 4.69) is 316 Å². The SMILES string of the molecule is CC(C)(C)c1ccc2c(c1)c1cc(C(C)(C)C)ccc1n2-c1cccc(-n2c3ccccc3c3ccc4c(c5cc(-c6cccc([Si](c7ccccc7)(c7ccccc7)c7ccccc7)c6)ccc5n4-c4ccccc4)c32)c1. The molecule has 0 atom stereocenters. The van der Waals surface area contributed by atoms with Crippen molar-refractivity contribution >= 4 is 94.2 Å². The summed E-state index contributed by atoms with van der Waals surface area (Å²) in [6, 6.07) is 98.4. The molecule has 3 heterocycles. The molecule has 0 aliphatic heterocycles. The van der Waals surface area contributed by atoms with Crippen molar-refractivity contribution in [3.63, 3.8) is 0 Å². The fourth-order valence-corrected chi connectivity index (χ4v) is 17.7. The van der Waals surface area contributed by atoms with Gasteiger partial charge in [0.15, 0.2) is 8.07 Å². The lowest BCUT2D eigenvalue weighted by molar-refractivity contribution is 0.590. The van der Waals surface area contributed by atoms with Crippen LogP contribution in [-0.2, 0) is 10.8 Å². The Labute approximate surface area is 457 Å². The number of fused-ring (bicyclic) bond motifs is 10. The molecule has 0 radical (unpaired) electrons. The van der Waals surface area contributed by atoms with Crippen LogP contribution < -0.4 is 20.7 Å². The van der Waals surface area contributed by atoms with Crippen LogP contribution in [0.5, 0.6) is 0 Å². The van der Waals surface area contributed by atoms with Crippen LogP contribution in [0.25, 0.3) is 93.6 Å². The van der Waals surface area contributed by atoms with Gasteiger partial charge >= 0.3 is 0 Å². The van der Waals surface area contributed by atoms with Crippen molar-refractivity contribution in [3.8, 4) is 28.2 Å². The molecular weight excluding hydrogens is 959 g/mol. The lowest BCUT2D eigenvalue weighted by Crippen LogP contribution is -2.74. The minimum Gasteiger partial charge on any atom is -0.309 e. The van der Waals surface area contributed by atoms with Crippen molar-refractivity contribution in [2.24, 2.45) is 0 Å². The van der Waals surface area contributed by atoms with Crippen molar-refractivity contribution in [1.82, 2.24) is 13.7 Å². The Morgan fingerprint density at radius 2 is 0.705 bits per heavy atom. The number of para-hydroxylation sites is 2. The van der Waals surface area contributed by atoms with Crippen LogP contribution in [0.1, 0.15) is 52.7 Å². The highest BCUT2D eigenvalue weighted by Crippen LogP contribution is 2.44. The van der Waals surface area contributed by atoms with Crippen molar-refractivity contribution in [2.75, 3.05) is 0 Å². The molecule has 0 bridgehead atoms. The Kier molecular flexibility index (Phi) is 11.0. The first-order valence-electron chi connectivity index (χ1n) is 27.5. The predicted molar refractivity (Wildman–Crippen MR) is 336 cm³/mol. The zero-order valence-corrected chi connectivity index (χ0v) is 46.2. The molecule has 0 N–H and O–H groups in total. The van der Waals surface area contributed by atoms with E-state index in [0.717, 1.165) is 17.1 Å². The molecule has 0 saturated carbocycles. The number of nitrogens with zero attached hydrogens (tertiary/aromatic N) is 3. The maximum Gasteiger partial charge on any atom is 0.179 e. The molecule has 4 heteroatoms. The third-order valence-corrected chi connectivity index (χ3v) is 21.4. The second-order valence-corrected chi connectivity index (χ2v) is 27.2. The molecule has 78 heavy (non-hydrogen) atoms. The minimum atomic E-state index is -2.79. The van der Waals surface area contributed by atoms with Gasteiger partial charge in [-0.05, 0) is 133 Å². The summed E-state index contributed by atoms with van der Waals surface area (Å²) in [5.41, 5.74) is 15.6. The second kappa shape index (κ2) is 18.1. The van der Waals surface area contributed by atoms with Crippen LogP contribution in [0.2, 0.25) is 0 Å². The first kappa shape index (κ1) is 47.5. The fourth-order valence-electron chi connectivity index (χ4n) is 12.9. The summed E-state index contributed by atoms with van der Waals surface area (Å²) in [7, 11) is -2.79. The van der Waals surface area contributed by atoms with E-state index < -0.39 is 8.07 Å². The van der Waals surface area contributed by atoms with Crippen molar-refractivity contribution in [1.29, 1.82) is 0 Å². The van der Waals surface area contributed by atoms with Gasteiger partial charge in [0.2, 0.25) is 0 Å². The van der Waals surface area contributed by atoms with Gasteiger partial charge in [-0.25, -0.2) is 0 Å². The lowest BCUT2D eigenvalue weighted by Gasteiger charge is -2.34. The fraction of sp³-hybridized carbons (Fsp3) is 0.108. The van der Waals surface area contributed by atoms with E-state index in [0.29, 0.717) is 0 Å². The summed E-state index contributed by atoms with van der Waals surface area (Å²) < 4.78 is 7.50. The van der Waals surface area contributed by atoms with E-state index in [1.165, 1.54) is 108 Å². The van der Waals surface area contributed by atoms with Gasteiger partial charge in [0.25, 0.3) is 0 Å². The van der Waals surface area contributed by atoms with E-state index in [4.69, 9.17) is 0 Å². The van der Waals surface area contributed by atoms with E-state index in [-0.39, 0.29) is 10.8 Å². The smallest absolute Gasteiger partial charge is 0.179 e. The second-order valence-electron chi connectivity index (χ2n) is 23.4. The Bertz CT molecular complexity index is 4440. The average molecular weight is 1020 g/mol. The molecule has 3 aromatic heterocycles. The van der Waals surface area contributed by atoms with Gasteiger partial charge in [0.05, 0.1) is 33.1 Å². The van der Waals surface area contributed by atoms with Gasteiger partial charge in [0, 0.05) is 49.4 Å². The number of hydrogen-bond acceptors (Lipinski definition) is 0. The maximum atomic E-state index is 2.54. The average Bonchev–Trinajstić information content (AvgIpc) is 4.32. The number of benzene rings is 11. The highest BCUT2D eigenvalue weighted by atomic mass is 28.3. The van der Waals surface area contributed by atoms with E-state index >= 15 is 0 Å². The third-order valence-electron chi connectivity index (χ3n) is 16.7. The quantitative estimate of drug-likeness (QED) is 0.106. The summed E-state index contributed by atoms with van der Waals surface area (Å²) in [4.78, 5) is 0. The van der Waals surface area contributed by atoms with Gasteiger partial charge in [-0.3, -0.25) is 0 Å². The van der Waals surface area contributed by atoms with Crippen LogP contribution in [0.4, 0.5) is 0 Å². The topological polar surface area (TPSA) is 14.8 Å². The largest absolute Gasteiger partial charge is 0.309 e. The molecule has 11 aromatic carbocycles. The molecule has 14 aromatic rings. The molecule has 0 aliphatic rings. The number of hydrogen-bond donors (Lipinski definition) is 0. The van der Waals surface area contributed by atoms with Gasteiger partial charge < -0.3 is 13.7 Å². The molecule has 0 unspecified atom stereocenters.